The fourth-order valence-electron chi connectivity index (χ4n) is 4.37. The zero-order chi connectivity index (χ0) is 21.0. The summed E-state index contributed by atoms with van der Waals surface area (Å²) in [5.41, 5.74) is 3.27. The van der Waals surface area contributed by atoms with E-state index in [-0.39, 0.29) is 11.5 Å². The maximum absolute atomic E-state index is 13.6. The number of aryl methyl sites for hydroxylation is 2. The van der Waals surface area contributed by atoms with Gasteiger partial charge in [-0.15, -0.1) is 11.3 Å². The van der Waals surface area contributed by atoms with Gasteiger partial charge in [0, 0.05) is 25.6 Å². The smallest absolute Gasteiger partial charge is 0.264 e. The molecule has 0 bridgehead atoms. The molecule has 1 aromatic carbocycles. The highest BCUT2D eigenvalue weighted by Crippen LogP contribution is 2.34. The number of benzene rings is 1. The number of carbonyl (C=O) groups excluding carboxylic acids is 1. The molecule has 1 saturated carbocycles. The minimum absolute atomic E-state index is 0.0162. The van der Waals surface area contributed by atoms with E-state index in [1.54, 1.807) is 4.57 Å². The average molecular weight is 422 g/mol. The summed E-state index contributed by atoms with van der Waals surface area (Å²) in [5, 5.41) is 0.631. The Morgan fingerprint density at radius 3 is 2.67 bits per heavy atom. The topological polar surface area (TPSA) is 55.2 Å². The Kier molecular flexibility index (Phi) is 4.77. The molecule has 0 atom stereocenters. The van der Waals surface area contributed by atoms with Crippen LogP contribution in [-0.4, -0.2) is 26.4 Å². The summed E-state index contributed by atoms with van der Waals surface area (Å²) in [6.45, 7) is 7.62. The molecule has 5 nitrogen and oxygen atoms in total. The number of hydrogen-bond acceptors (Lipinski definition) is 4. The van der Waals surface area contributed by atoms with E-state index < -0.39 is 0 Å². The van der Waals surface area contributed by atoms with Crippen LogP contribution in [0.4, 0.5) is 0 Å². The van der Waals surface area contributed by atoms with Gasteiger partial charge in [-0.05, 0) is 48.8 Å². The molecule has 6 heteroatoms. The first-order valence-corrected chi connectivity index (χ1v) is 11.7. The van der Waals surface area contributed by atoms with Crippen molar-refractivity contribution in [3.05, 3.63) is 62.0 Å². The van der Waals surface area contributed by atoms with Crippen molar-refractivity contribution in [2.45, 2.75) is 71.5 Å². The van der Waals surface area contributed by atoms with Gasteiger partial charge >= 0.3 is 0 Å². The first-order valence-electron chi connectivity index (χ1n) is 10.9. The molecule has 30 heavy (non-hydrogen) atoms. The first kappa shape index (κ1) is 19.5. The quantitative estimate of drug-likeness (QED) is 0.603. The van der Waals surface area contributed by atoms with E-state index in [1.165, 1.54) is 16.9 Å². The van der Waals surface area contributed by atoms with Gasteiger partial charge in [-0.2, -0.15) is 0 Å². The van der Waals surface area contributed by atoms with Crippen molar-refractivity contribution in [2.24, 2.45) is 0 Å². The van der Waals surface area contributed by atoms with Gasteiger partial charge in [0.25, 0.3) is 11.5 Å². The highest BCUT2D eigenvalue weighted by molar-refractivity contribution is 7.20. The second-order valence-corrected chi connectivity index (χ2v) is 9.88. The predicted molar refractivity (Wildman–Crippen MR) is 120 cm³/mol. The minimum Gasteiger partial charge on any atom is -0.331 e. The van der Waals surface area contributed by atoms with Crippen LogP contribution in [-0.2, 0) is 19.5 Å². The second kappa shape index (κ2) is 7.34. The van der Waals surface area contributed by atoms with Crippen LogP contribution in [0, 0.1) is 6.92 Å². The average Bonchev–Trinajstić information content (AvgIpc) is 3.36. The molecule has 5 rings (SSSR count). The van der Waals surface area contributed by atoms with E-state index in [0.29, 0.717) is 33.6 Å². The Morgan fingerprint density at radius 2 is 2.00 bits per heavy atom. The molecule has 2 aromatic heterocycles. The van der Waals surface area contributed by atoms with Gasteiger partial charge in [0.05, 0.1) is 10.3 Å². The third-order valence-corrected chi connectivity index (χ3v) is 7.53. The summed E-state index contributed by atoms with van der Waals surface area (Å²) in [6, 6.07) is 8.88. The lowest BCUT2D eigenvalue weighted by Gasteiger charge is -2.22. The zero-order valence-electron chi connectivity index (χ0n) is 17.8. The molecule has 1 fully saturated rings. The van der Waals surface area contributed by atoms with Gasteiger partial charge in [-0.1, -0.05) is 38.1 Å². The van der Waals surface area contributed by atoms with E-state index in [9.17, 15) is 9.59 Å². The van der Waals surface area contributed by atoms with Gasteiger partial charge in [-0.3, -0.25) is 14.2 Å². The van der Waals surface area contributed by atoms with Crippen LogP contribution in [0.15, 0.2) is 29.1 Å². The maximum atomic E-state index is 13.6. The number of aromatic nitrogens is 2. The number of hydrogen-bond donors (Lipinski definition) is 0. The van der Waals surface area contributed by atoms with E-state index in [4.69, 9.17) is 4.98 Å². The van der Waals surface area contributed by atoms with Gasteiger partial charge in [-0.25, -0.2) is 4.98 Å². The van der Waals surface area contributed by atoms with Crippen molar-refractivity contribution in [2.75, 3.05) is 0 Å². The summed E-state index contributed by atoms with van der Waals surface area (Å²) < 4.78 is 1.78. The van der Waals surface area contributed by atoms with Crippen molar-refractivity contribution >= 4 is 27.5 Å². The molecule has 0 saturated heterocycles. The lowest BCUT2D eigenvalue weighted by atomic mass is 10.0. The van der Waals surface area contributed by atoms with Crippen LogP contribution in [0.3, 0.4) is 0 Å². The van der Waals surface area contributed by atoms with E-state index in [1.807, 2.05) is 11.8 Å². The van der Waals surface area contributed by atoms with Crippen LogP contribution >= 0.6 is 11.3 Å². The van der Waals surface area contributed by atoms with Gasteiger partial charge in [0.1, 0.15) is 10.7 Å². The Morgan fingerprint density at radius 1 is 1.27 bits per heavy atom. The first-order chi connectivity index (χ1) is 14.4. The number of carbonyl (C=O) groups is 1. The van der Waals surface area contributed by atoms with Crippen molar-refractivity contribution in [1.29, 1.82) is 0 Å². The number of amides is 1. The number of thiophene rings is 1. The van der Waals surface area contributed by atoms with Crippen LogP contribution < -0.4 is 5.56 Å². The van der Waals surface area contributed by atoms with Gasteiger partial charge in [0.2, 0.25) is 0 Å². The number of rotatable bonds is 5. The van der Waals surface area contributed by atoms with Crippen LogP contribution in [0.5, 0.6) is 0 Å². The Labute approximate surface area is 180 Å². The van der Waals surface area contributed by atoms with Crippen molar-refractivity contribution in [3.63, 3.8) is 0 Å². The monoisotopic (exact) mass is 421 g/mol. The molecule has 2 aliphatic rings. The molecule has 156 valence electrons. The third-order valence-electron chi connectivity index (χ3n) is 6.35. The molecular weight excluding hydrogens is 394 g/mol. The van der Waals surface area contributed by atoms with E-state index in [0.717, 1.165) is 49.2 Å². The Hall–Kier alpha value is -2.47. The van der Waals surface area contributed by atoms with Crippen molar-refractivity contribution in [1.82, 2.24) is 14.5 Å². The minimum atomic E-state index is 0.0162. The van der Waals surface area contributed by atoms with Crippen molar-refractivity contribution in [3.8, 4) is 0 Å². The molecule has 0 N–H and O–H groups in total. The highest BCUT2D eigenvalue weighted by Gasteiger charge is 2.35. The lowest BCUT2D eigenvalue weighted by Crippen LogP contribution is -2.32. The molecule has 3 heterocycles. The molecule has 0 unspecified atom stereocenters. The molecule has 1 aliphatic heterocycles. The Balaban J connectivity index is 1.49. The van der Waals surface area contributed by atoms with Crippen LogP contribution in [0.1, 0.15) is 71.2 Å². The highest BCUT2D eigenvalue weighted by atomic mass is 32.1. The fraction of sp³-hybridized carbons (Fsp3) is 0.458. The lowest BCUT2D eigenvalue weighted by molar-refractivity contribution is 0.0734. The second-order valence-electron chi connectivity index (χ2n) is 8.89. The summed E-state index contributed by atoms with van der Waals surface area (Å²) in [4.78, 5) is 34.6. The normalized spacial score (nSPS) is 15.7. The summed E-state index contributed by atoms with van der Waals surface area (Å²) in [6.07, 6.45) is 3.91. The zero-order valence-corrected chi connectivity index (χ0v) is 18.6. The number of fused-ring (bicyclic) bond motifs is 2. The number of nitrogens with zero attached hydrogens (tertiary/aromatic N) is 3. The molecule has 1 aliphatic carbocycles. The van der Waals surface area contributed by atoms with E-state index >= 15 is 0 Å². The Bertz CT molecular complexity index is 1190. The molecular formula is C24H27N3O2S. The van der Waals surface area contributed by atoms with E-state index in [2.05, 4.69) is 38.1 Å². The van der Waals surface area contributed by atoms with Gasteiger partial charge < -0.3 is 4.90 Å². The molecule has 3 aromatic rings. The van der Waals surface area contributed by atoms with Gasteiger partial charge in [0.15, 0.2) is 0 Å². The maximum Gasteiger partial charge on any atom is 0.264 e. The molecule has 1 amide bonds. The molecule has 0 spiro atoms. The standard InChI is InChI=1S/C24H27N3O2S/c1-14(2)17-8-6-16(7-9-17)13-27(18-10-11-18)24(29)21-15(3)20-22(30-21)25-19-5-4-12-26(19)23(20)28/h6-9,14,18H,4-5,10-13H2,1-3H3. The predicted octanol–water partition coefficient (Wildman–Crippen LogP) is 4.64. The summed E-state index contributed by atoms with van der Waals surface area (Å²) in [5.74, 6) is 1.39. The van der Waals surface area contributed by atoms with Crippen LogP contribution in [0.2, 0.25) is 0 Å². The summed E-state index contributed by atoms with van der Waals surface area (Å²) in [7, 11) is 0. The molecule has 0 radical (unpaired) electrons. The third kappa shape index (κ3) is 3.27. The van der Waals surface area contributed by atoms with Crippen molar-refractivity contribution < 1.29 is 4.79 Å². The summed E-state index contributed by atoms with van der Waals surface area (Å²) >= 11 is 1.39. The largest absolute Gasteiger partial charge is 0.331 e. The fourth-order valence-corrected chi connectivity index (χ4v) is 5.51. The van der Waals surface area contributed by atoms with Crippen LogP contribution in [0.25, 0.3) is 10.2 Å². The SMILES string of the molecule is Cc1c(C(=O)N(Cc2ccc(C(C)C)cc2)C2CC2)sc2nc3n(c(=O)c12)CCC3.